The lowest BCUT2D eigenvalue weighted by atomic mass is 9.59. The van der Waals surface area contributed by atoms with Gasteiger partial charge in [-0.2, -0.15) is 0 Å². The third-order valence-corrected chi connectivity index (χ3v) is 5.95. The third kappa shape index (κ3) is 1.39. The van der Waals surface area contributed by atoms with Crippen LogP contribution in [0.5, 0.6) is 0 Å². The Hall–Kier alpha value is -0.0800. The molecular formula is C14H27NO. The molecule has 2 fully saturated rings. The average Bonchev–Trinajstić information content (AvgIpc) is 2.64. The summed E-state index contributed by atoms with van der Waals surface area (Å²) in [6.07, 6.45) is 4.92. The standard InChI is InChI=1S/C14H27NO/c1-12(2)11-6-7-14(10-11,13(12,3)16)8-9-15(4)5/h11,16H,6-10H2,1-5H3/t11-,13-,14-/m1/s1. The minimum Gasteiger partial charge on any atom is -0.389 e. The van der Waals surface area contributed by atoms with Crippen molar-refractivity contribution >= 4 is 0 Å². The van der Waals surface area contributed by atoms with E-state index in [-0.39, 0.29) is 10.8 Å². The van der Waals surface area contributed by atoms with Gasteiger partial charge in [0.1, 0.15) is 0 Å². The van der Waals surface area contributed by atoms with E-state index in [4.69, 9.17) is 0 Å². The molecule has 2 saturated carbocycles. The van der Waals surface area contributed by atoms with Crippen molar-refractivity contribution in [3.63, 3.8) is 0 Å². The molecule has 0 saturated heterocycles. The fourth-order valence-corrected chi connectivity index (χ4v) is 4.17. The second kappa shape index (κ2) is 3.46. The van der Waals surface area contributed by atoms with Gasteiger partial charge in [-0.3, -0.25) is 0 Å². The first-order valence-electron chi connectivity index (χ1n) is 6.60. The van der Waals surface area contributed by atoms with Gasteiger partial charge in [-0.1, -0.05) is 13.8 Å². The SMILES string of the molecule is CN(C)CC[C@]12CC[C@H](C1)C(C)(C)[C@@]2(C)O. The Bertz CT molecular complexity index is 282. The minimum absolute atomic E-state index is 0.0948. The molecule has 2 aliphatic rings. The van der Waals surface area contributed by atoms with Crippen molar-refractivity contribution in [2.45, 2.75) is 52.1 Å². The van der Waals surface area contributed by atoms with Crippen molar-refractivity contribution in [3.05, 3.63) is 0 Å². The molecule has 0 aromatic carbocycles. The lowest BCUT2D eigenvalue weighted by Gasteiger charge is -2.50. The molecule has 94 valence electrons. The Balaban J connectivity index is 2.21. The summed E-state index contributed by atoms with van der Waals surface area (Å²) in [7, 11) is 4.25. The van der Waals surface area contributed by atoms with E-state index in [1.807, 2.05) is 0 Å². The summed E-state index contributed by atoms with van der Waals surface area (Å²) in [6, 6.07) is 0. The van der Waals surface area contributed by atoms with E-state index in [9.17, 15) is 5.11 Å². The van der Waals surface area contributed by atoms with Crippen LogP contribution in [0.3, 0.4) is 0 Å². The van der Waals surface area contributed by atoms with Crippen LogP contribution in [0.2, 0.25) is 0 Å². The largest absolute Gasteiger partial charge is 0.389 e. The topological polar surface area (TPSA) is 23.5 Å². The molecule has 0 aromatic heterocycles. The minimum atomic E-state index is -0.487. The monoisotopic (exact) mass is 225 g/mol. The Morgan fingerprint density at radius 2 is 1.88 bits per heavy atom. The molecule has 0 radical (unpaired) electrons. The predicted molar refractivity (Wildman–Crippen MR) is 67.3 cm³/mol. The highest BCUT2D eigenvalue weighted by molar-refractivity contribution is 5.17. The first-order valence-corrected chi connectivity index (χ1v) is 6.60. The third-order valence-electron chi connectivity index (χ3n) is 5.95. The highest BCUT2D eigenvalue weighted by Crippen LogP contribution is 2.69. The lowest BCUT2D eigenvalue weighted by molar-refractivity contribution is -0.138. The van der Waals surface area contributed by atoms with Gasteiger partial charge in [0.05, 0.1) is 5.60 Å². The van der Waals surface area contributed by atoms with Gasteiger partial charge in [-0.15, -0.1) is 0 Å². The van der Waals surface area contributed by atoms with Crippen LogP contribution in [0.15, 0.2) is 0 Å². The Morgan fingerprint density at radius 1 is 1.25 bits per heavy atom. The van der Waals surface area contributed by atoms with E-state index in [0.29, 0.717) is 0 Å². The molecule has 0 aromatic rings. The highest BCUT2D eigenvalue weighted by Gasteiger charge is 2.67. The van der Waals surface area contributed by atoms with E-state index in [2.05, 4.69) is 39.8 Å². The normalized spacial score (nSPS) is 45.6. The molecule has 1 N–H and O–H groups in total. The molecule has 0 unspecified atom stereocenters. The molecule has 2 rings (SSSR count). The van der Waals surface area contributed by atoms with Crippen LogP contribution in [-0.2, 0) is 0 Å². The maximum absolute atomic E-state index is 11.0. The number of rotatable bonds is 3. The van der Waals surface area contributed by atoms with Crippen molar-refractivity contribution in [1.82, 2.24) is 4.90 Å². The molecule has 3 atom stereocenters. The molecule has 2 aliphatic carbocycles. The summed E-state index contributed by atoms with van der Waals surface area (Å²) in [4.78, 5) is 2.24. The fourth-order valence-electron chi connectivity index (χ4n) is 4.17. The molecular weight excluding hydrogens is 198 g/mol. The highest BCUT2D eigenvalue weighted by atomic mass is 16.3. The number of hydrogen-bond acceptors (Lipinski definition) is 2. The molecule has 2 nitrogen and oxygen atoms in total. The zero-order chi connectivity index (χ0) is 12.2. The molecule has 0 amide bonds. The van der Waals surface area contributed by atoms with Crippen LogP contribution in [0.25, 0.3) is 0 Å². The van der Waals surface area contributed by atoms with Crippen molar-refractivity contribution in [1.29, 1.82) is 0 Å². The van der Waals surface area contributed by atoms with E-state index in [1.54, 1.807) is 0 Å². The fraction of sp³-hybridized carbons (Fsp3) is 1.00. The number of aliphatic hydroxyl groups is 1. The number of hydrogen-bond donors (Lipinski definition) is 1. The van der Waals surface area contributed by atoms with Crippen molar-refractivity contribution in [3.8, 4) is 0 Å². The van der Waals surface area contributed by atoms with Crippen molar-refractivity contribution in [2.24, 2.45) is 16.7 Å². The van der Waals surface area contributed by atoms with Gasteiger partial charge in [0.2, 0.25) is 0 Å². The molecule has 0 spiro atoms. The molecule has 2 heteroatoms. The summed E-state index contributed by atoms with van der Waals surface area (Å²) in [5.41, 5.74) is -0.206. The van der Waals surface area contributed by atoms with Crippen molar-refractivity contribution < 1.29 is 5.11 Å². The van der Waals surface area contributed by atoms with Crippen LogP contribution >= 0.6 is 0 Å². The zero-order valence-corrected chi connectivity index (χ0v) is 11.5. The average molecular weight is 225 g/mol. The van der Waals surface area contributed by atoms with Gasteiger partial charge in [0.15, 0.2) is 0 Å². The number of nitrogens with zero attached hydrogens (tertiary/aromatic N) is 1. The maximum Gasteiger partial charge on any atom is 0.0729 e. The summed E-state index contributed by atoms with van der Waals surface area (Å²) >= 11 is 0. The molecule has 16 heavy (non-hydrogen) atoms. The maximum atomic E-state index is 11.0. The van der Waals surface area contributed by atoms with E-state index in [1.165, 1.54) is 19.3 Å². The lowest BCUT2D eigenvalue weighted by Crippen LogP contribution is -2.53. The van der Waals surface area contributed by atoms with Crippen LogP contribution in [0, 0.1) is 16.7 Å². The summed E-state index contributed by atoms with van der Waals surface area (Å²) in [5, 5.41) is 11.0. The number of fused-ring (bicyclic) bond motifs is 2. The van der Waals surface area contributed by atoms with Gasteiger partial charge >= 0.3 is 0 Å². The van der Waals surface area contributed by atoms with Crippen LogP contribution in [-0.4, -0.2) is 36.2 Å². The molecule has 0 heterocycles. The van der Waals surface area contributed by atoms with Crippen LogP contribution in [0.4, 0.5) is 0 Å². The van der Waals surface area contributed by atoms with Crippen LogP contribution < -0.4 is 0 Å². The van der Waals surface area contributed by atoms with Gasteiger partial charge < -0.3 is 10.0 Å². The first-order chi connectivity index (χ1) is 7.23. The van der Waals surface area contributed by atoms with Crippen molar-refractivity contribution in [2.75, 3.05) is 20.6 Å². The van der Waals surface area contributed by atoms with Gasteiger partial charge in [0, 0.05) is 5.41 Å². The van der Waals surface area contributed by atoms with E-state index < -0.39 is 5.60 Å². The van der Waals surface area contributed by atoms with E-state index in [0.717, 1.165) is 18.9 Å². The Morgan fingerprint density at radius 3 is 2.31 bits per heavy atom. The Labute approximate surface area is 100 Å². The van der Waals surface area contributed by atoms with Gasteiger partial charge in [0.25, 0.3) is 0 Å². The smallest absolute Gasteiger partial charge is 0.0729 e. The Kier molecular flexibility index (Phi) is 2.67. The molecule has 0 aliphatic heterocycles. The predicted octanol–water partition coefficient (Wildman–Crippen LogP) is 2.52. The zero-order valence-electron chi connectivity index (χ0n) is 11.5. The summed E-state index contributed by atoms with van der Waals surface area (Å²) in [5.74, 6) is 0.727. The second-order valence-corrected chi connectivity index (χ2v) is 7.07. The van der Waals surface area contributed by atoms with Crippen LogP contribution in [0.1, 0.15) is 46.5 Å². The first kappa shape index (κ1) is 12.4. The van der Waals surface area contributed by atoms with E-state index >= 15 is 0 Å². The van der Waals surface area contributed by atoms with Gasteiger partial charge in [-0.25, -0.2) is 0 Å². The summed E-state index contributed by atoms with van der Waals surface area (Å²) < 4.78 is 0. The van der Waals surface area contributed by atoms with Gasteiger partial charge in [-0.05, 0) is 64.6 Å². The molecule has 2 bridgehead atoms. The summed E-state index contributed by atoms with van der Waals surface area (Å²) in [6.45, 7) is 7.70. The second-order valence-electron chi connectivity index (χ2n) is 7.07. The quantitative estimate of drug-likeness (QED) is 0.798.